The maximum Gasteiger partial charge on any atom is 0.323 e. The summed E-state index contributed by atoms with van der Waals surface area (Å²) in [6.07, 6.45) is 5.51. The summed E-state index contributed by atoms with van der Waals surface area (Å²) in [5, 5.41) is 0. The molecule has 0 aromatic carbocycles. The van der Waals surface area contributed by atoms with Gasteiger partial charge in [-0.15, -0.1) is 0 Å². The molecule has 1 unspecified atom stereocenters. The van der Waals surface area contributed by atoms with E-state index in [4.69, 9.17) is 4.74 Å². The largest absolute Gasteiger partial charge is 0.468 e. The van der Waals surface area contributed by atoms with Crippen molar-refractivity contribution in [3.05, 3.63) is 28.5 Å². The van der Waals surface area contributed by atoms with Crippen LogP contribution in [0.25, 0.3) is 0 Å². The Bertz CT molecular complexity index is 411. The van der Waals surface area contributed by atoms with E-state index in [0.717, 1.165) is 36.0 Å². The van der Waals surface area contributed by atoms with Crippen molar-refractivity contribution in [1.82, 2.24) is 9.88 Å². The lowest BCUT2D eigenvalue weighted by Crippen LogP contribution is -2.36. The zero-order valence-electron chi connectivity index (χ0n) is 9.73. The maximum absolute atomic E-state index is 11.6. The van der Waals surface area contributed by atoms with Crippen molar-refractivity contribution in [3.63, 3.8) is 0 Å². The minimum absolute atomic E-state index is 0.0982. The van der Waals surface area contributed by atoms with Gasteiger partial charge in [0.25, 0.3) is 0 Å². The molecule has 1 aromatic heterocycles. The van der Waals surface area contributed by atoms with Crippen LogP contribution in [0.3, 0.4) is 0 Å². The SMILES string of the molecule is COC(=O)C1CCCN1Cc1cncc(Br)c1. The van der Waals surface area contributed by atoms with Gasteiger partial charge in [0, 0.05) is 23.4 Å². The Hall–Kier alpha value is -0.940. The number of likely N-dealkylation sites (tertiary alicyclic amines) is 1. The van der Waals surface area contributed by atoms with Crippen molar-refractivity contribution in [1.29, 1.82) is 0 Å². The molecule has 1 atom stereocenters. The smallest absolute Gasteiger partial charge is 0.323 e. The van der Waals surface area contributed by atoms with E-state index in [1.165, 1.54) is 7.11 Å². The molecule has 4 nitrogen and oxygen atoms in total. The highest BCUT2D eigenvalue weighted by Gasteiger charge is 2.31. The molecule has 0 bridgehead atoms. The molecule has 92 valence electrons. The van der Waals surface area contributed by atoms with Gasteiger partial charge in [0.1, 0.15) is 6.04 Å². The summed E-state index contributed by atoms with van der Waals surface area (Å²) in [5.41, 5.74) is 1.11. The van der Waals surface area contributed by atoms with Crippen LogP contribution in [0.15, 0.2) is 22.9 Å². The maximum atomic E-state index is 11.6. The first-order valence-electron chi connectivity index (χ1n) is 5.62. The van der Waals surface area contributed by atoms with Gasteiger partial charge in [-0.3, -0.25) is 14.7 Å². The Balaban J connectivity index is 2.05. The predicted octanol–water partition coefficient (Wildman–Crippen LogP) is 1.98. The number of pyridine rings is 1. The fraction of sp³-hybridized carbons (Fsp3) is 0.500. The fourth-order valence-electron chi connectivity index (χ4n) is 2.20. The van der Waals surface area contributed by atoms with Crippen LogP contribution >= 0.6 is 15.9 Å². The van der Waals surface area contributed by atoms with Crippen LogP contribution in [0.4, 0.5) is 0 Å². The predicted molar refractivity (Wildman–Crippen MR) is 67.4 cm³/mol. The van der Waals surface area contributed by atoms with Gasteiger partial charge in [0.15, 0.2) is 0 Å². The summed E-state index contributed by atoms with van der Waals surface area (Å²) >= 11 is 3.40. The van der Waals surface area contributed by atoms with Gasteiger partial charge in [0.2, 0.25) is 0 Å². The first-order chi connectivity index (χ1) is 8.20. The van der Waals surface area contributed by atoms with E-state index in [-0.39, 0.29) is 12.0 Å². The molecule has 2 heterocycles. The second-order valence-corrected chi connectivity index (χ2v) is 5.08. The lowest BCUT2D eigenvalue weighted by Gasteiger charge is -2.22. The molecule has 2 rings (SSSR count). The van der Waals surface area contributed by atoms with Crippen molar-refractivity contribution < 1.29 is 9.53 Å². The summed E-state index contributed by atoms with van der Waals surface area (Å²) in [5.74, 6) is -0.134. The number of ether oxygens (including phenoxy) is 1. The van der Waals surface area contributed by atoms with Crippen molar-refractivity contribution in [2.75, 3.05) is 13.7 Å². The monoisotopic (exact) mass is 298 g/mol. The minimum Gasteiger partial charge on any atom is -0.468 e. The van der Waals surface area contributed by atoms with Gasteiger partial charge in [-0.25, -0.2) is 0 Å². The normalized spacial score (nSPS) is 20.5. The van der Waals surface area contributed by atoms with Crippen molar-refractivity contribution in [3.8, 4) is 0 Å². The molecule has 1 aromatic rings. The zero-order chi connectivity index (χ0) is 12.3. The summed E-state index contributed by atoms with van der Waals surface area (Å²) in [6.45, 7) is 1.68. The van der Waals surface area contributed by atoms with Gasteiger partial charge < -0.3 is 4.74 Å². The average molecular weight is 299 g/mol. The number of hydrogen-bond donors (Lipinski definition) is 0. The lowest BCUT2D eigenvalue weighted by molar-refractivity contribution is -0.146. The van der Waals surface area contributed by atoms with Crippen LogP contribution in [0.2, 0.25) is 0 Å². The number of rotatable bonds is 3. The van der Waals surface area contributed by atoms with Crippen LogP contribution in [0.5, 0.6) is 0 Å². The molecular formula is C12H15BrN2O2. The van der Waals surface area contributed by atoms with E-state index in [1.807, 2.05) is 12.3 Å². The molecule has 0 radical (unpaired) electrons. The Morgan fingerprint density at radius 2 is 2.47 bits per heavy atom. The number of methoxy groups -OCH3 is 1. The number of carbonyl (C=O) groups is 1. The topological polar surface area (TPSA) is 42.4 Å². The fourth-order valence-corrected chi connectivity index (χ4v) is 2.61. The number of halogens is 1. The van der Waals surface area contributed by atoms with Gasteiger partial charge in [0.05, 0.1) is 7.11 Å². The van der Waals surface area contributed by atoms with Gasteiger partial charge in [-0.2, -0.15) is 0 Å². The molecule has 1 saturated heterocycles. The Morgan fingerprint density at radius 3 is 3.18 bits per heavy atom. The highest BCUT2D eigenvalue weighted by Crippen LogP contribution is 2.21. The molecule has 1 aliphatic rings. The molecule has 0 N–H and O–H groups in total. The molecule has 5 heteroatoms. The van der Waals surface area contributed by atoms with Crippen molar-refractivity contribution in [2.45, 2.75) is 25.4 Å². The molecule has 0 aliphatic carbocycles. The average Bonchev–Trinajstić information content (AvgIpc) is 2.76. The van der Waals surface area contributed by atoms with Crippen LogP contribution < -0.4 is 0 Å². The lowest BCUT2D eigenvalue weighted by atomic mass is 10.2. The van der Waals surface area contributed by atoms with E-state index in [2.05, 4.69) is 25.8 Å². The number of hydrogen-bond acceptors (Lipinski definition) is 4. The summed E-state index contributed by atoms with van der Waals surface area (Å²) < 4.78 is 5.78. The third kappa shape index (κ3) is 3.04. The second kappa shape index (κ2) is 5.60. The van der Waals surface area contributed by atoms with Crippen LogP contribution in [0.1, 0.15) is 18.4 Å². The Kier molecular flexibility index (Phi) is 4.12. The molecule has 1 fully saturated rings. The van der Waals surface area contributed by atoms with E-state index in [0.29, 0.717) is 0 Å². The molecule has 0 amide bonds. The van der Waals surface area contributed by atoms with Crippen LogP contribution in [-0.4, -0.2) is 35.5 Å². The first kappa shape index (κ1) is 12.5. The minimum atomic E-state index is -0.134. The molecule has 0 spiro atoms. The zero-order valence-corrected chi connectivity index (χ0v) is 11.3. The highest BCUT2D eigenvalue weighted by atomic mass is 79.9. The number of nitrogens with zero attached hydrogens (tertiary/aromatic N) is 2. The van der Waals surface area contributed by atoms with E-state index in [1.54, 1.807) is 6.20 Å². The summed E-state index contributed by atoms with van der Waals surface area (Å²) in [6, 6.07) is 1.93. The van der Waals surface area contributed by atoms with E-state index >= 15 is 0 Å². The second-order valence-electron chi connectivity index (χ2n) is 4.16. The molecule has 17 heavy (non-hydrogen) atoms. The number of aromatic nitrogens is 1. The van der Waals surface area contributed by atoms with E-state index < -0.39 is 0 Å². The van der Waals surface area contributed by atoms with Crippen molar-refractivity contribution in [2.24, 2.45) is 0 Å². The summed E-state index contributed by atoms with van der Waals surface area (Å²) in [7, 11) is 1.44. The standard InChI is InChI=1S/C12H15BrN2O2/c1-17-12(16)11-3-2-4-15(11)8-9-5-10(13)7-14-6-9/h5-7,11H,2-4,8H2,1H3. The number of esters is 1. The van der Waals surface area contributed by atoms with Crippen molar-refractivity contribution >= 4 is 21.9 Å². The summed E-state index contributed by atoms with van der Waals surface area (Å²) in [4.78, 5) is 17.9. The Labute approximate surface area is 109 Å². The third-order valence-corrected chi connectivity index (χ3v) is 3.42. The number of carbonyl (C=O) groups excluding carboxylic acids is 1. The Morgan fingerprint density at radius 1 is 1.65 bits per heavy atom. The third-order valence-electron chi connectivity index (χ3n) is 2.98. The van der Waals surface area contributed by atoms with Crippen LogP contribution in [-0.2, 0) is 16.1 Å². The van der Waals surface area contributed by atoms with Gasteiger partial charge in [-0.1, -0.05) is 0 Å². The first-order valence-corrected chi connectivity index (χ1v) is 6.41. The molecular weight excluding hydrogens is 284 g/mol. The van der Waals surface area contributed by atoms with E-state index in [9.17, 15) is 4.79 Å². The van der Waals surface area contributed by atoms with Gasteiger partial charge >= 0.3 is 5.97 Å². The van der Waals surface area contributed by atoms with Crippen LogP contribution in [0, 0.1) is 0 Å². The molecule has 1 aliphatic heterocycles. The van der Waals surface area contributed by atoms with Gasteiger partial charge in [-0.05, 0) is 46.9 Å². The molecule has 0 saturated carbocycles. The quantitative estimate of drug-likeness (QED) is 0.801. The highest BCUT2D eigenvalue weighted by molar-refractivity contribution is 9.10.